The summed E-state index contributed by atoms with van der Waals surface area (Å²) in [6.45, 7) is 4.05. The Balaban J connectivity index is 1.77. The Morgan fingerprint density at radius 3 is 2.27 bits per heavy atom. The summed E-state index contributed by atoms with van der Waals surface area (Å²) in [5, 5.41) is 2.92. The number of para-hydroxylation sites is 4. The Labute approximate surface area is 190 Å². The first-order chi connectivity index (χ1) is 16.0. The maximum atomic E-state index is 13.5. The Morgan fingerprint density at radius 2 is 1.58 bits per heavy atom. The molecule has 7 heteroatoms. The van der Waals surface area contributed by atoms with E-state index in [1.165, 1.54) is 0 Å². The molecule has 3 aromatic carbocycles. The zero-order valence-corrected chi connectivity index (χ0v) is 18.6. The SMILES string of the molecule is COc1ccccc1NC(=O)c1c(N)n(-c2cc(C)cc(C)c2)c2nc3ccccc3nc12. The lowest BCUT2D eigenvalue weighted by Gasteiger charge is -2.11. The van der Waals surface area contributed by atoms with Gasteiger partial charge in [0, 0.05) is 5.69 Å². The molecule has 0 radical (unpaired) electrons. The molecule has 0 saturated heterocycles. The van der Waals surface area contributed by atoms with Gasteiger partial charge in [0.1, 0.15) is 22.6 Å². The van der Waals surface area contributed by atoms with Gasteiger partial charge in [-0.1, -0.05) is 30.3 Å². The lowest BCUT2D eigenvalue weighted by molar-refractivity contribution is 0.102. The van der Waals surface area contributed by atoms with Crippen LogP contribution in [0.4, 0.5) is 11.5 Å². The number of aryl methyl sites for hydroxylation is 2. The molecule has 33 heavy (non-hydrogen) atoms. The number of fused-ring (bicyclic) bond motifs is 2. The van der Waals surface area contributed by atoms with E-state index in [0.717, 1.165) is 22.3 Å². The summed E-state index contributed by atoms with van der Waals surface area (Å²) < 4.78 is 7.18. The summed E-state index contributed by atoms with van der Waals surface area (Å²) in [7, 11) is 1.56. The summed E-state index contributed by atoms with van der Waals surface area (Å²) in [6.07, 6.45) is 0. The lowest BCUT2D eigenvalue weighted by Crippen LogP contribution is -2.15. The lowest BCUT2D eigenvalue weighted by atomic mass is 10.1. The molecule has 0 aliphatic heterocycles. The summed E-state index contributed by atoms with van der Waals surface area (Å²) in [6, 6.07) is 20.9. The molecule has 0 aliphatic rings. The third kappa shape index (κ3) is 3.53. The van der Waals surface area contributed by atoms with Gasteiger partial charge < -0.3 is 15.8 Å². The number of ether oxygens (including phenoxy) is 1. The molecule has 0 atom stereocenters. The van der Waals surface area contributed by atoms with Gasteiger partial charge in [-0.05, 0) is 61.4 Å². The van der Waals surface area contributed by atoms with Gasteiger partial charge in [0.2, 0.25) is 0 Å². The van der Waals surface area contributed by atoms with E-state index in [4.69, 9.17) is 20.4 Å². The second-order valence-electron chi connectivity index (χ2n) is 7.98. The number of aromatic nitrogens is 3. The average Bonchev–Trinajstić information content (AvgIpc) is 3.07. The summed E-state index contributed by atoms with van der Waals surface area (Å²) >= 11 is 0. The topological polar surface area (TPSA) is 95.1 Å². The molecule has 3 N–H and O–H groups in total. The summed E-state index contributed by atoms with van der Waals surface area (Å²) in [4.78, 5) is 23.1. The van der Waals surface area contributed by atoms with Gasteiger partial charge in [-0.25, -0.2) is 9.97 Å². The van der Waals surface area contributed by atoms with Crippen molar-refractivity contribution >= 4 is 39.6 Å². The minimum Gasteiger partial charge on any atom is -0.495 e. The van der Waals surface area contributed by atoms with Crippen molar-refractivity contribution in [3.63, 3.8) is 0 Å². The number of nitrogens with two attached hydrogens (primary N) is 1. The third-order valence-electron chi connectivity index (χ3n) is 5.54. The number of amides is 1. The number of methoxy groups -OCH3 is 1. The molecule has 7 nitrogen and oxygen atoms in total. The summed E-state index contributed by atoms with van der Waals surface area (Å²) in [5.74, 6) is 0.450. The largest absolute Gasteiger partial charge is 0.495 e. The average molecular weight is 438 g/mol. The highest BCUT2D eigenvalue weighted by Crippen LogP contribution is 2.33. The number of hydrogen-bond donors (Lipinski definition) is 2. The molecule has 0 bridgehead atoms. The van der Waals surface area contributed by atoms with Gasteiger partial charge in [0.15, 0.2) is 5.65 Å². The molecule has 0 aliphatic carbocycles. The van der Waals surface area contributed by atoms with Crippen LogP contribution in [0, 0.1) is 13.8 Å². The van der Waals surface area contributed by atoms with Crippen LogP contribution >= 0.6 is 0 Å². The van der Waals surface area contributed by atoms with Crippen molar-refractivity contribution in [3.05, 3.63) is 83.4 Å². The Morgan fingerprint density at radius 1 is 0.939 bits per heavy atom. The van der Waals surface area contributed by atoms with E-state index in [2.05, 4.69) is 11.4 Å². The van der Waals surface area contributed by atoms with Gasteiger partial charge in [0.25, 0.3) is 5.91 Å². The molecule has 0 saturated carbocycles. The number of hydrogen-bond acceptors (Lipinski definition) is 5. The van der Waals surface area contributed by atoms with Crippen molar-refractivity contribution in [2.24, 2.45) is 0 Å². The smallest absolute Gasteiger partial charge is 0.261 e. The van der Waals surface area contributed by atoms with Gasteiger partial charge in [0.05, 0.1) is 23.8 Å². The van der Waals surface area contributed by atoms with Crippen LogP contribution in [0.5, 0.6) is 5.75 Å². The molecule has 2 aromatic heterocycles. The zero-order valence-electron chi connectivity index (χ0n) is 18.6. The van der Waals surface area contributed by atoms with Gasteiger partial charge in [-0.2, -0.15) is 0 Å². The molecule has 5 rings (SSSR count). The van der Waals surface area contributed by atoms with E-state index >= 15 is 0 Å². The number of nitrogen functional groups attached to an aromatic ring is 1. The fourth-order valence-corrected chi connectivity index (χ4v) is 4.16. The van der Waals surface area contributed by atoms with E-state index in [0.29, 0.717) is 28.1 Å². The number of rotatable bonds is 4. The maximum absolute atomic E-state index is 13.5. The van der Waals surface area contributed by atoms with Gasteiger partial charge in [-0.15, -0.1) is 0 Å². The first kappa shape index (κ1) is 20.5. The van der Waals surface area contributed by atoms with Gasteiger partial charge in [-0.3, -0.25) is 9.36 Å². The number of nitrogens with one attached hydrogen (secondary N) is 1. The quantitative estimate of drug-likeness (QED) is 0.411. The molecule has 1 amide bonds. The predicted octanol–water partition coefficient (Wildman–Crippen LogP) is 5.03. The van der Waals surface area contributed by atoms with Crippen LogP contribution < -0.4 is 15.8 Å². The molecule has 0 fully saturated rings. The zero-order chi connectivity index (χ0) is 23.1. The van der Waals surface area contributed by atoms with E-state index in [-0.39, 0.29) is 17.3 Å². The first-order valence-corrected chi connectivity index (χ1v) is 10.6. The van der Waals surface area contributed by atoms with E-state index in [1.807, 2.05) is 62.4 Å². The Hall–Kier alpha value is -4.39. The van der Waals surface area contributed by atoms with Crippen molar-refractivity contribution in [1.82, 2.24) is 14.5 Å². The van der Waals surface area contributed by atoms with E-state index in [1.54, 1.807) is 23.8 Å². The normalized spacial score (nSPS) is 11.1. The van der Waals surface area contributed by atoms with Crippen LogP contribution in [-0.2, 0) is 0 Å². The summed E-state index contributed by atoms with van der Waals surface area (Å²) in [5.41, 5.74) is 12.8. The van der Waals surface area contributed by atoms with Gasteiger partial charge >= 0.3 is 0 Å². The number of carbonyl (C=O) groups excluding carboxylic acids is 1. The van der Waals surface area contributed by atoms with Crippen molar-refractivity contribution in [2.45, 2.75) is 13.8 Å². The highest BCUT2D eigenvalue weighted by atomic mass is 16.5. The molecule has 5 aromatic rings. The molecule has 0 unspecified atom stereocenters. The minimum atomic E-state index is -0.380. The van der Waals surface area contributed by atoms with Crippen LogP contribution in [0.15, 0.2) is 66.7 Å². The van der Waals surface area contributed by atoms with E-state index < -0.39 is 0 Å². The maximum Gasteiger partial charge on any atom is 0.261 e. The van der Waals surface area contributed by atoms with E-state index in [9.17, 15) is 4.79 Å². The predicted molar refractivity (Wildman–Crippen MR) is 131 cm³/mol. The molecular formula is C26H23N5O2. The van der Waals surface area contributed by atoms with Crippen molar-refractivity contribution in [2.75, 3.05) is 18.2 Å². The molecule has 2 heterocycles. The van der Waals surface area contributed by atoms with Crippen LogP contribution in [0.1, 0.15) is 21.5 Å². The number of nitrogens with zero attached hydrogens (tertiary/aromatic N) is 3. The Kier molecular flexibility index (Phi) is 4.94. The fraction of sp³-hybridized carbons (Fsp3) is 0.115. The number of benzene rings is 3. The Bertz CT molecular complexity index is 1520. The van der Waals surface area contributed by atoms with Crippen molar-refractivity contribution in [3.8, 4) is 11.4 Å². The molecule has 0 spiro atoms. The van der Waals surface area contributed by atoms with Crippen LogP contribution in [0.25, 0.3) is 27.9 Å². The van der Waals surface area contributed by atoms with Crippen LogP contribution in [-0.4, -0.2) is 27.6 Å². The molecule has 164 valence electrons. The second kappa shape index (κ2) is 7.94. The minimum absolute atomic E-state index is 0.272. The molecular weight excluding hydrogens is 414 g/mol. The van der Waals surface area contributed by atoms with Crippen LogP contribution in [0.2, 0.25) is 0 Å². The standard InChI is InChI=1S/C26H23N5O2/c1-15-12-16(2)14-17(13-15)31-24(27)22(26(32)30-20-10-6-7-11-21(20)33-3)23-25(31)29-19-9-5-4-8-18(19)28-23/h4-14H,27H2,1-3H3,(H,30,32). The highest BCUT2D eigenvalue weighted by molar-refractivity contribution is 6.16. The first-order valence-electron chi connectivity index (χ1n) is 10.6. The monoisotopic (exact) mass is 437 g/mol. The van der Waals surface area contributed by atoms with Crippen LogP contribution in [0.3, 0.4) is 0 Å². The van der Waals surface area contributed by atoms with Crippen molar-refractivity contribution < 1.29 is 9.53 Å². The highest BCUT2D eigenvalue weighted by Gasteiger charge is 2.25. The van der Waals surface area contributed by atoms with Crippen molar-refractivity contribution in [1.29, 1.82) is 0 Å². The fourth-order valence-electron chi connectivity index (χ4n) is 4.16. The second-order valence-corrected chi connectivity index (χ2v) is 7.98. The number of carbonyl (C=O) groups is 1. The number of anilines is 2. The third-order valence-corrected chi connectivity index (χ3v) is 5.54.